The molecule has 29 heavy (non-hydrogen) atoms. The van der Waals surface area contributed by atoms with Crippen molar-refractivity contribution in [1.29, 1.82) is 0 Å². The molecule has 0 aliphatic heterocycles. The Bertz CT molecular complexity index is 1170. The molecule has 0 saturated heterocycles. The zero-order valence-electron chi connectivity index (χ0n) is 15.4. The second-order valence-electron chi connectivity index (χ2n) is 6.40. The largest absolute Gasteiger partial charge is 0.507 e. The number of nitrogens with zero attached hydrogens (tertiary/aromatic N) is 1. The predicted molar refractivity (Wildman–Crippen MR) is 118 cm³/mol. The summed E-state index contributed by atoms with van der Waals surface area (Å²) >= 11 is 1.68. The van der Waals surface area contributed by atoms with E-state index >= 15 is 0 Å². The summed E-state index contributed by atoms with van der Waals surface area (Å²) in [5.41, 5.74) is 3.53. The van der Waals surface area contributed by atoms with Crippen molar-refractivity contribution in [1.82, 2.24) is 5.43 Å². The van der Waals surface area contributed by atoms with E-state index in [2.05, 4.69) is 22.7 Å². The van der Waals surface area contributed by atoms with Crippen LogP contribution in [-0.2, 0) is 0 Å². The molecule has 4 nitrogen and oxygen atoms in total. The van der Waals surface area contributed by atoms with E-state index < -0.39 is 5.91 Å². The number of hydrogen-bond acceptors (Lipinski definition) is 4. The molecular weight excluding hydrogens is 380 g/mol. The summed E-state index contributed by atoms with van der Waals surface area (Å²) in [5, 5.41) is 15.9. The number of carbonyl (C=O) groups excluding carboxylic acids is 1. The van der Waals surface area contributed by atoms with Crippen molar-refractivity contribution in [3.63, 3.8) is 0 Å². The number of carbonyl (C=O) groups is 1. The van der Waals surface area contributed by atoms with Gasteiger partial charge < -0.3 is 5.11 Å². The van der Waals surface area contributed by atoms with E-state index in [9.17, 15) is 9.90 Å². The smallest absolute Gasteiger partial charge is 0.275 e. The lowest BCUT2D eigenvalue weighted by Gasteiger charge is -2.06. The number of rotatable bonds is 5. The van der Waals surface area contributed by atoms with Crippen LogP contribution in [0.2, 0.25) is 0 Å². The van der Waals surface area contributed by atoms with Crippen LogP contribution in [0.15, 0.2) is 106 Å². The van der Waals surface area contributed by atoms with Gasteiger partial charge in [-0.05, 0) is 52.7 Å². The molecule has 0 radical (unpaired) electrons. The number of phenols is 1. The van der Waals surface area contributed by atoms with Gasteiger partial charge in [-0.2, -0.15) is 5.10 Å². The Morgan fingerprint density at radius 2 is 1.45 bits per heavy atom. The molecule has 0 unspecified atom stereocenters. The standard InChI is InChI=1S/C24H18N2O2S/c27-23-15-19-7-5-4-6-18(19)14-22(23)24(28)26-25-16-17-10-12-21(13-11-17)29-20-8-2-1-3-9-20/h1-16,27H,(H,26,28). The quantitative estimate of drug-likeness (QED) is 0.347. The van der Waals surface area contributed by atoms with Gasteiger partial charge in [0.2, 0.25) is 0 Å². The SMILES string of the molecule is O=C(NN=Cc1ccc(Sc2ccccc2)cc1)c1cc2ccccc2cc1O. The Morgan fingerprint density at radius 1 is 0.828 bits per heavy atom. The average molecular weight is 398 g/mol. The minimum absolute atomic E-state index is 0.0707. The summed E-state index contributed by atoms with van der Waals surface area (Å²) in [6, 6.07) is 28.8. The van der Waals surface area contributed by atoms with Crippen molar-refractivity contribution >= 4 is 34.7 Å². The van der Waals surface area contributed by atoms with Gasteiger partial charge in [-0.1, -0.05) is 66.4 Å². The zero-order chi connectivity index (χ0) is 20.1. The molecule has 5 heteroatoms. The maximum atomic E-state index is 12.4. The number of phenolic OH excluding ortho intramolecular Hbond substituents is 1. The second-order valence-corrected chi connectivity index (χ2v) is 7.55. The first-order valence-corrected chi connectivity index (χ1v) is 9.89. The molecule has 0 aromatic heterocycles. The Kier molecular flexibility index (Phi) is 5.59. The molecule has 0 saturated carbocycles. The first-order valence-electron chi connectivity index (χ1n) is 9.07. The van der Waals surface area contributed by atoms with Crippen molar-refractivity contribution in [2.24, 2.45) is 5.10 Å². The van der Waals surface area contributed by atoms with Gasteiger partial charge in [-0.15, -0.1) is 0 Å². The third-order valence-electron chi connectivity index (χ3n) is 4.35. The number of amides is 1. The number of benzene rings is 4. The summed E-state index contributed by atoms with van der Waals surface area (Å²) < 4.78 is 0. The summed E-state index contributed by atoms with van der Waals surface area (Å²) in [5.74, 6) is -0.528. The van der Waals surface area contributed by atoms with Crippen LogP contribution in [-0.4, -0.2) is 17.2 Å². The number of hydrogen-bond donors (Lipinski definition) is 2. The number of nitrogens with one attached hydrogen (secondary N) is 1. The molecule has 2 N–H and O–H groups in total. The molecule has 142 valence electrons. The highest BCUT2D eigenvalue weighted by Gasteiger charge is 2.11. The number of aromatic hydroxyl groups is 1. The number of fused-ring (bicyclic) bond motifs is 1. The third kappa shape index (κ3) is 4.65. The fourth-order valence-electron chi connectivity index (χ4n) is 2.88. The fourth-order valence-corrected chi connectivity index (χ4v) is 3.72. The Hall–Kier alpha value is -3.57. The van der Waals surface area contributed by atoms with Gasteiger partial charge >= 0.3 is 0 Å². The van der Waals surface area contributed by atoms with Crippen LogP contribution in [0.25, 0.3) is 10.8 Å². The maximum absolute atomic E-state index is 12.4. The van der Waals surface area contributed by atoms with Gasteiger partial charge in [-0.3, -0.25) is 4.79 Å². The minimum Gasteiger partial charge on any atom is -0.507 e. The lowest BCUT2D eigenvalue weighted by Crippen LogP contribution is -2.17. The van der Waals surface area contributed by atoms with Gasteiger partial charge in [0.1, 0.15) is 5.75 Å². The Balaban J connectivity index is 1.41. The average Bonchev–Trinajstić information content (AvgIpc) is 2.75. The molecule has 0 aliphatic carbocycles. The van der Waals surface area contributed by atoms with E-state index in [0.29, 0.717) is 0 Å². The van der Waals surface area contributed by atoms with Gasteiger partial charge in [0, 0.05) is 9.79 Å². The van der Waals surface area contributed by atoms with E-state index in [-0.39, 0.29) is 11.3 Å². The van der Waals surface area contributed by atoms with E-state index in [1.54, 1.807) is 30.1 Å². The van der Waals surface area contributed by atoms with Crippen LogP contribution in [0, 0.1) is 0 Å². The normalized spacial score (nSPS) is 11.0. The van der Waals surface area contributed by atoms with E-state index in [1.807, 2.05) is 66.7 Å². The molecular formula is C24H18N2O2S. The lowest BCUT2D eigenvalue weighted by atomic mass is 10.1. The molecule has 0 fully saturated rings. The van der Waals surface area contributed by atoms with Crippen LogP contribution in [0.4, 0.5) is 0 Å². The molecule has 0 atom stereocenters. The van der Waals surface area contributed by atoms with Gasteiger partial charge in [0.25, 0.3) is 5.91 Å². The first-order chi connectivity index (χ1) is 14.2. The monoisotopic (exact) mass is 398 g/mol. The second kappa shape index (κ2) is 8.63. The van der Waals surface area contributed by atoms with Crippen LogP contribution < -0.4 is 5.43 Å². The third-order valence-corrected chi connectivity index (χ3v) is 5.36. The highest BCUT2D eigenvalue weighted by atomic mass is 32.2. The molecule has 0 heterocycles. The van der Waals surface area contributed by atoms with Crippen molar-refractivity contribution in [2.45, 2.75) is 9.79 Å². The zero-order valence-corrected chi connectivity index (χ0v) is 16.3. The molecule has 4 rings (SSSR count). The first kappa shape index (κ1) is 18.8. The fraction of sp³-hybridized carbons (Fsp3) is 0. The predicted octanol–water partition coefficient (Wildman–Crippen LogP) is 5.46. The highest BCUT2D eigenvalue weighted by Crippen LogP contribution is 2.27. The molecule has 0 spiro atoms. The van der Waals surface area contributed by atoms with E-state index in [4.69, 9.17) is 0 Å². The lowest BCUT2D eigenvalue weighted by molar-refractivity contribution is 0.0952. The topological polar surface area (TPSA) is 61.7 Å². The van der Waals surface area contributed by atoms with Crippen molar-refractivity contribution in [3.8, 4) is 5.75 Å². The highest BCUT2D eigenvalue weighted by molar-refractivity contribution is 7.99. The van der Waals surface area contributed by atoms with Crippen molar-refractivity contribution in [3.05, 3.63) is 102 Å². The molecule has 1 amide bonds. The Labute approximate surface area is 172 Å². The van der Waals surface area contributed by atoms with Crippen LogP contribution >= 0.6 is 11.8 Å². The summed E-state index contributed by atoms with van der Waals surface area (Å²) in [6.07, 6.45) is 1.58. The van der Waals surface area contributed by atoms with Gasteiger partial charge in [0.05, 0.1) is 11.8 Å². The molecule has 4 aromatic carbocycles. The van der Waals surface area contributed by atoms with Crippen LogP contribution in [0.5, 0.6) is 5.75 Å². The van der Waals surface area contributed by atoms with Crippen LogP contribution in [0.3, 0.4) is 0 Å². The molecule has 0 bridgehead atoms. The van der Waals surface area contributed by atoms with E-state index in [1.165, 1.54) is 4.90 Å². The van der Waals surface area contributed by atoms with Crippen molar-refractivity contribution < 1.29 is 9.90 Å². The van der Waals surface area contributed by atoms with Crippen LogP contribution in [0.1, 0.15) is 15.9 Å². The van der Waals surface area contributed by atoms with E-state index in [0.717, 1.165) is 21.2 Å². The summed E-state index contributed by atoms with van der Waals surface area (Å²) in [4.78, 5) is 14.7. The van der Waals surface area contributed by atoms with Crippen molar-refractivity contribution in [2.75, 3.05) is 0 Å². The Morgan fingerprint density at radius 3 is 2.17 bits per heavy atom. The minimum atomic E-state index is -0.458. The molecule has 0 aliphatic rings. The maximum Gasteiger partial charge on any atom is 0.275 e. The van der Waals surface area contributed by atoms with Gasteiger partial charge in [-0.25, -0.2) is 5.43 Å². The number of hydrazone groups is 1. The summed E-state index contributed by atoms with van der Waals surface area (Å²) in [6.45, 7) is 0. The molecule has 4 aromatic rings. The van der Waals surface area contributed by atoms with Gasteiger partial charge in [0.15, 0.2) is 0 Å². The summed E-state index contributed by atoms with van der Waals surface area (Å²) in [7, 11) is 0.